The molecule has 0 radical (unpaired) electrons. The van der Waals surface area contributed by atoms with E-state index in [1.54, 1.807) is 11.8 Å². The van der Waals surface area contributed by atoms with E-state index in [1.165, 1.54) is 17.5 Å². The first-order valence-electron chi connectivity index (χ1n) is 8.73. The van der Waals surface area contributed by atoms with Crippen LogP contribution in [0.5, 0.6) is 0 Å². The Morgan fingerprint density at radius 3 is 2.54 bits per heavy atom. The van der Waals surface area contributed by atoms with E-state index >= 15 is 0 Å². The number of nitrogens with zero attached hydrogens (tertiary/aromatic N) is 2. The molecule has 128 valence electrons. The summed E-state index contributed by atoms with van der Waals surface area (Å²) in [5.74, 6) is 2.00. The Morgan fingerprint density at radius 2 is 1.79 bits per heavy atom. The highest BCUT2D eigenvalue weighted by Gasteiger charge is 2.31. The Hall–Kier alpha value is -1.53. The fourth-order valence-electron chi connectivity index (χ4n) is 3.79. The van der Waals surface area contributed by atoms with Gasteiger partial charge in [-0.2, -0.15) is 0 Å². The van der Waals surface area contributed by atoms with Gasteiger partial charge in [0.25, 0.3) is 5.91 Å². The summed E-state index contributed by atoms with van der Waals surface area (Å²) in [5.41, 5.74) is 3.52. The van der Waals surface area contributed by atoms with Crippen LogP contribution in [0.25, 0.3) is 0 Å². The predicted octanol–water partition coefficient (Wildman–Crippen LogP) is 1.12. The molecular formula is C18H23N3O2S. The third-order valence-electron chi connectivity index (χ3n) is 5.24. The Morgan fingerprint density at radius 1 is 1.04 bits per heavy atom. The van der Waals surface area contributed by atoms with Gasteiger partial charge in [0.2, 0.25) is 5.91 Å². The standard InChI is InChI=1S/C18H23N3O2S/c22-17(15-5-4-13-2-1-3-14(13)10-15)20-6-8-21(9-7-20)18(23)16-11-24-12-19-16/h4-5,10,16,19H,1-3,6-9,11-12H2. The lowest BCUT2D eigenvalue weighted by atomic mass is 10.1. The van der Waals surface area contributed by atoms with Gasteiger partial charge in [-0.3, -0.25) is 14.9 Å². The lowest BCUT2D eigenvalue weighted by Gasteiger charge is -2.36. The van der Waals surface area contributed by atoms with Gasteiger partial charge in [0.1, 0.15) is 0 Å². The summed E-state index contributed by atoms with van der Waals surface area (Å²) in [7, 11) is 0. The van der Waals surface area contributed by atoms with Crippen molar-refractivity contribution in [3.63, 3.8) is 0 Å². The monoisotopic (exact) mass is 345 g/mol. The lowest BCUT2D eigenvalue weighted by molar-refractivity contribution is -0.134. The second-order valence-corrected chi connectivity index (χ2v) is 7.76. The van der Waals surface area contributed by atoms with Crippen molar-refractivity contribution >= 4 is 23.6 Å². The van der Waals surface area contributed by atoms with Gasteiger partial charge in [-0.15, -0.1) is 11.8 Å². The number of thioether (sulfide) groups is 1. The van der Waals surface area contributed by atoms with Gasteiger partial charge >= 0.3 is 0 Å². The van der Waals surface area contributed by atoms with Gasteiger partial charge in [0.05, 0.1) is 6.04 Å². The number of amides is 2. The molecule has 0 bridgehead atoms. The minimum Gasteiger partial charge on any atom is -0.338 e. The van der Waals surface area contributed by atoms with E-state index in [4.69, 9.17) is 0 Å². The summed E-state index contributed by atoms with van der Waals surface area (Å²) in [6.07, 6.45) is 3.42. The molecule has 2 aliphatic heterocycles. The molecule has 2 amide bonds. The molecule has 4 rings (SSSR count). The molecule has 0 aromatic heterocycles. The number of carbonyl (C=O) groups excluding carboxylic acids is 2. The summed E-state index contributed by atoms with van der Waals surface area (Å²) in [6, 6.07) is 6.10. The lowest BCUT2D eigenvalue weighted by Crippen LogP contribution is -2.54. The summed E-state index contributed by atoms with van der Waals surface area (Å²) < 4.78 is 0. The number of benzene rings is 1. The van der Waals surface area contributed by atoms with E-state index < -0.39 is 0 Å². The molecule has 1 N–H and O–H groups in total. The molecule has 2 fully saturated rings. The second kappa shape index (κ2) is 6.76. The van der Waals surface area contributed by atoms with Crippen molar-refractivity contribution in [2.75, 3.05) is 37.8 Å². The van der Waals surface area contributed by atoms with Crippen LogP contribution in [0.15, 0.2) is 18.2 Å². The molecule has 1 atom stereocenters. The summed E-state index contributed by atoms with van der Waals surface area (Å²) >= 11 is 1.76. The van der Waals surface area contributed by atoms with Crippen molar-refractivity contribution in [1.82, 2.24) is 15.1 Å². The number of hydrogen-bond donors (Lipinski definition) is 1. The van der Waals surface area contributed by atoms with Crippen LogP contribution in [-0.4, -0.2) is 65.5 Å². The number of carbonyl (C=O) groups is 2. The molecule has 6 heteroatoms. The molecule has 1 unspecified atom stereocenters. The highest BCUT2D eigenvalue weighted by atomic mass is 32.2. The van der Waals surface area contributed by atoms with Crippen LogP contribution in [0.3, 0.4) is 0 Å². The maximum atomic E-state index is 12.7. The number of aryl methyl sites for hydroxylation is 2. The number of hydrogen-bond acceptors (Lipinski definition) is 4. The SMILES string of the molecule is O=C(c1ccc2c(c1)CCC2)N1CCN(C(=O)C2CSCN2)CC1. The maximum absolute atomic E-state index is 12.7. The van der Waals surface area contributed by atoms with Crippen LogP contribution >= 0.6 is 11.8 Å². The Kier molecular flexibility index (Phi) is 4.50. The highest BCUT2D eigenvalue weighted by Crippen LogP contribution is 2.23. The quantitative estimate of drug-likeness (QED) is 0.873. The van der Waals surface area contributed by atoms with E-state index in [9.17, 15) is 9.59 Å². The predicted molar refractivity (Wildman–Crippen MR) is 95.2 cm³/mol. The maximum Gasteiger partial charge on any atom is 0.253 e. The summed E-state index contributed by atoms with van der Waals surface area (Å²) in [4.78, 5) is 28.9. The third kappa shape index (κ3) is 3.05. The first-order valence-corrected chi connectivity index (χ1v) is 9.89. The zero-order valence-electron chi connectivity index (χ0n) is 13.8. The normalized spacial score (nSPS) is 23.4. The first kappa shape index (κ1) is 16.0. The van der Waals surface area contributed by atoms with Gasteiger partial charge < -0.3 is 9.80 Å². The van der Waals surface area contributed by atoms with Crippen molar-refractivity contribution in [1.29, 1.82) is 0 Å². The van der Waals surface area contributed by atoms with Gasteiger partial charge in [0.15, 0.2) is 0 Å². The number of piperazine rings is 1. The average Bonchev–Trinajstić information content (AvgIpc) is 3.31. The van der Waals surface area contributed by atoms with E-state index in [1.807, 2.05) is 15.9 Å². The van der Waals surface area contributed by atoms with Gasteiger partial charge in [0, 0.05) is 43.4 Å². The Balaban J connectivity index is 1.37. The smallest absolute Gasteiger partial charge is 0.253 e. The molecule has 5 nitrogen and oxygen atoms in total. The van der Waals surface area contributed by atoms with Crippen LogP contribution in [0.2, 0.25) is 0 Å². The molecular weight excluding hydrogens is 322 g/mol. The van der Waals surface area contributed by atoms with Crippen molar-refractivity contribution in [2.45, 2.75) is 25.3 Å². The fraction of sp³-hybridized carbons (Fsp3) is 0.556. The molecule has 1 aromatic carbocycles. The summed E-state index contributed by atoms with van der Waals surface area (Å²) in [5, 5.41) is 3.23. The fourth-order valence-corrected chi connectivity index (χ4v) is 4.72. The van der Waals surface area contributed by atoms with Crippen LogP contribution in [0, 0.1) is 0 Å². The van der Waals surface area contributed by atoms with Crippen LogP contribution in [0.4, 0.5) is 0 Å². The van der Waals surface area contributed by atoms with E-state index in [2.05, 4.69) is 17.4 Å². The summed E-state index contributed by atoms with van der Waals surface area (Å²) in [6.45, 7) is 2.53. The van der Waals surface area contributed by atoms with Crippen LogP contribution in [-0.2, 0) is 17.6 Å². The minimum atomic E-state index is -0.0473. The average molecular weight is 345 g/mol. The van der Waals surface area contributed by atoms with Gasteiger partial charge in [-0.25, -0.2) is 0 Å². The number of nitrogens with one attached hydrogen (secondary N) is 1. The largest absolute Gasteiger partial charge is 0.338 e. The molecule has 2 saturated heterocycles. The molecule has 0 saturated carbocycles. The topological polar surface area (TPSA) is 52.7 Å². The number of rotatable bonds is 2. The first-order chi connectivity index (χ1) is 11.7. The Labute approximate surface area is 146 Å². The van der Waals surface area contributed by atoms with Gasteiger partial charge in [-0.05, 0) is 42.5 Å². The zero-order valence-corrected chi connectivity index (χ0v) is 14.6. The molecule has 24 heavy (non-hydrogen) atoms. The van der Waals surface area contributed by atoms with Crippen molar-refractivity contribution in [3.05, 3.63) is 34.9 Å². The van der Waals surface area contributed by atoms with Crippen LogP contribution < -0.4 is 5.32 Å². The van der Waals surface area contributed by atoms with E-state index in [-0.39, 0.29) is 17.9 Å². The van der Waals surface area contributed by atoms with Gasteiger partial charge in [-0.1, -0.05) is 6.07 Å². The molecule has 3 aliphatic rings. The van der Waals surface area contributed by atoms with Crippen molar-refractivity contribution in [3.8, 4) is 0 Å². The Bertz CT molecular complexity index is 650. The molecule has 1 aliphatic carbocycles. The molecule has 2 heterocycles. The molecule has 1 aromatic rings. The van der Waals surface area contributed by atoms with E-state index in [0.29, 0.717) is 26.2 Å². The van der Waals surface area contributed by atoms with Crippen molar-refractivity contribution < 1.29 is 9.59 Å². The zero-order chi connectivity index (χ0) is 16.5. The second-order valence-electron chi connectivity index (χ2n) is 6.73. The number of fused-ring (bicyclic) bond motifs is 1. The van der Waals surface area contributed by atoms with Crippen LogP contribution in [0.1, 0.15) is 27.9 Å². The minimum absolute atomic E-state index is 0.0473. The highest BCUT2D eigenvalue weighted by molar-refractivity contribution is 7.99. The van der Waals surface area contributed by atoms with Crippen molar-refractivity contribution in [2.24, 2.45) is 0 Å². The molecule has 0 spiro atoms. The third-order valence-corrected chi connectivity index (χ3v) is 6.18. The van der Waals surface area contributed by atoms with E-state index in [0.717, 1.165) is 30.0 Å².